The largest absolute Gasteiger partial charge is 0.493 e. The molecule has 7 heteroatoms. The zero-order valence-corrected chi connectivity index (χ0v) is 17.7. The van der Waals surface area contributed by atoms with Crippen LogP contribution in [0.25, 0.3) is 6.08 Å². The molecule has 0 spiro atoms. The average molecular weight is 421 g/mol. The van der Waals surface area contributed by atoms with E-state index in [-0.39, 0.29) is 12.5 Å². The van der Waals surface area contributed by atoms with Gasteiger partial charge in [0.05, 0.1) is 7.11 Å². The molecule has 7 nitrogen and oxygen atoms in total. The highest BCUT2D eigenvalue weighted by Gasteiger charge is 2.19. The molecule has 1 saturated heterocycles. The van der Waals surface area contributed by atoms with E-state index in [0.29, 0.717) is 31.2 Å². The molecule has 0 unspecified atom stereocenters. The van der Waals surface area contributed by atoms with Crippen LogP contribution in [0, 0.1) is 11.3 Å². The number of piperazine rings is 1. The van der Waals surface area contributed by atoms with Gasteiger partial charge >= 0.3 is 0 Å². The molecule has 1 fully saturated rings. The standard InChI is InChI=1S/C24H27N3O4/c1-29-23-19-20(7-9-22(23)31-17-11-25)8-10-24(28)27-14-12-26(13-15-27)16-18-30-21-5-3-2-4-6-21/h2-10,19H,12-18H2,1H3/b10-8+. The van der Waals surface area contributed by atoms with Gasteiger partial charge in [0.1, 0.15) is 18.4 Å². The number of ether oxygens (including phenoxy) is 3. The minimum Gasteiger partial charge on any atom is -0.493 e. The second-order valence-electron chi connectivity index (χ2n) is 7.02. The van der Waals surface area contributed by atoms with Crippen LogP contribution in [0.1, 0.15) is 5.56 Å². The smallest absolute Gasteiger partial charge is 0.246 e. The van der Waals surface area contributed by atoms with Gasteiger partial charge in [-0.05, 0) is 35.9 Å². The Morgan fingerprint density at radius 3 is 2.55 bits per heavy atom. The van der Waals surface area contributed by atoms with Crippen LogP contribution in [0.4, 0.5) is 0 Å². The molecule has 0 N–H and O–H groups in total. The predicted octanol–water partition coefficient (Wildman–Crippen LogP) is 2.83. The second kappa shape index (κ2) is 11.6. The molecule has 0 radical (unpaired) electrons. The van der Waals surface area contributed by atoms with Gasteiger partial charge in [-0.3, -0.25) is 9.69 Å². The van der Waals surface area contributed by atoms with Crippen LogP contribution in [-0.2, 0) is 4.79 Å². The molecule has 0 bridgehead atoms. The van der Waals surface area contributed by atoms with E-state index in [1.54, 1.807) is 24.3 Å². The van der Waals surface area contributed by atoms with Gasteiger partial charge in [-0.25, -0.2) is 0 Å². The maximum Gasteiger partial charge on any atom is 0.246 e. The molecule has 2 aromatic carbocycles. The highest BCUT2D eigenvalue weighted by molar-refractivity contribution is 5.92. The second-order valence-corrected chi connectivity index (χ2v) is 7.02. The zero-order chi connectivity index (χ0) is 21.9. The first-order chi connectivity index (χ1) is 15.2. The van der Waals surface area contributed by atoms with Crippen molar-refractivity contribution in [3.8, 4) is 23.3 Å². The van der Waals surface area contributed by atoms with Crippen molar-refractivity contribution >= 4 is 12.0 Å². The highest BCUT2D eigenvalue weighted by Crippen LogP contribution is 2.28. The van der Waals surface area contributed by atoms with Crippen molar-refractivity contribution in [2.45, 2.75) is 0 Å². The number of benzene rings is 2. The van der Waals surface area contributed by atoms with Gasteiger partial charge in [0.15, 0.2) is 18.1 Å². The Hall–Kier alpha value is -3.50. The fourth-order valence-corrected chi connectivity index (χ4v) is 3.29. The van der Waals surface area contributed by atoms with Gasteiger partial charge in [-0.15, -0.1) is 0 Å². The first kappa shape index (κ1) is 22.2. The average Bonchev–Trinajstić information content (AvgIpc) is 2.82. The van der Waals surface area contributed by atoms with Crippen molar-refractivity contribution in [2.24, 2.45) is 0 Å². The number of hydrogen-bond donors (Lipinski definition) is 0. The van der Waals surface area contributed by atoms with Crippen LogP contribution >= 0.6 is 0 Å². The van der Waals surface area contributed by atoms with Gasteiger partial charge in [0.25, 0.3) is 0 Å². The molecule has 162 valence electrons. The summed E-state index contributed by atoms with van der Waals surface area (Å²) in [6, 6.07) is 17.0. The molecule has 3 rings (SSSR count). The normalized spacial score (nSPS) is 14.3. The van der Waals surface area contributed by atoms with Crippen LogP contribution in [0.5, 0.6) is 17.2 Å². The lowest BCUT2D eigenvalue weighted by Crippen LogP contribution is -2.49. The van der Waals surface area contributed by atoms with E-state index in [1.165, 1.54) is 7.11 Å². The quantitative estimate of drug-likeness (QED) is 0.580. The first-order valence-electron chi connectivity index (χ1n) is 10.2. The maximum atomic E-state index is 12.5. The Balaban J connectivity index is 1.44. The van der Waals surface area contributed by atoms with E-state index in [2.05, 4.69) is 4.90 Å². The lowest BCUT2D eigenvalue weighted by Gasteiger charge is -2.34. The number of methoxy groups -OCH3 is 1. The first-order valence-corrected chi connectivity index (χ1v) is 10.2. The predicted molar refractivity (Wildman–Crippen MR) is 118 cm³/mol. The number of carbonyl (C=O) groups is 1. The van der Waals surface area contributed by atoms with Crippen molar-refractivity contribution in [3.05, 3.63) is 60.2 Å². The van der Waals surface area contributed by atoms with Crippen LogP contribution < -0.4 is 14.2 Å². The number of para-hydroxylation sites is 1. The van der Waals surface area contributed by atoms with Crippen LogP contribution in [0.15, 0.2) is 54.6 Å². The molecule has 1 amide bonds. The monoisotopic (exact) mass is 421 g/mol. The van der Waals surface area contributed by atoms with Gasteiger partial charge in [0, 0.05) is 38.8 Å². The number of nitrogens with zero attached hydrogens (tertiary/aromatic N) is 3. The highest BCUT2D eigenvalue weighted by atomic mass is 16.5. The molecule has 0 aromatic heterocycles. The number of carbonyl (C=O) groups excluding carboxylic acids is 1. The number of nitriles is 1. The van der Waals surface area contributed by atoms with Crippen molar-refractivity contribution in [1.82, 2.24) is 9.80 Å². The minimum atomic E-state index is -0.0472. The summed E-state index contributed by atoms with van der Waals surface area (Å²) in [6.45, 7) is 4.47. The molecule has 2 aromatic rings. The van der Waals surface area contributed by atoms with Crippen molar-refractivity contribution in [3.63, 3.8) is 0 Å². The summed E-state index contributed by atoms with van der Waals surface area (Å²) in [7, 11) is 1.54. The minimum absolute atomic E-state index is 0.0102. The lowest BCUT2D eigenvalue weighted by molar-refractivity contribution is -0.127. The van der Waals surface area contributed by atoms with Gasteiger partial charge in [0.2, 0.25) is 5.91 Å². The molecule has 31 heavy (non-hydrogen) atoms. The van der Waals surface area contributed by atoms with E-state index in [1.807, 2.05) is 47.4 Å². The lowest BCUT2D eigenvalue weighted by atomic mass is 10.2. The Morgan fingerprint density at radius 2 is 1.84 bits per heavy atom. The molecule has 1 heterocycles. The van der Waals surface area contributed by atoms with Crippen LogP contribution in [0.3, 0.4) is 0 Å². The fourth-order valence-electron chi connectivity index (χ4n) is 3.29. The number of amides is 1. The fraction of sp³-hybridized carbons (Fsp3) is 0.333. The number of rotatable bonds is 9. The maximum absolute atomic E-state index is 12.5. The molecule has 1 aliphatic rings. The Morgan fingerprint density at radius 1 is 1.06 bits per heavy atom. The van der Waals surface area contributed by atoms with Gasteiger partial charge < -0.3 is 19.1 Å². The van der Waals surface area contributed by atoms with Crippen molar-refractivity contribution in [2.75, 3.05) is 53.0 Å². The Labute approximate surface area is 183 Å². The van der Waals surface area contributed by atoms with Gasteiger partial charge in [-0.2, -0.15) is 5.26 Å². The Kier molecular flexibility index (Phi) is 8.32. The van der Waals surface area contributed by atoms with E-state index in [9.17, 15) is 4.79 Å². The molecular weight excluding hydrogens is 394 g/mol. The van der Waals surface area contributed by atoms with E-state index in [4.69, 9.17) is 19.5 Å². The molecule has 0 atom stereocenters. The molecule has 1 aliphatic heterocycles. The third kappa shape index (κ3) is 6.76. The van der Waals surface area contributed by atoms with Gasteiger partial charge in [-0.1, -0.05) is 24.3 Å². The summed E-state index contributed by atoms with van der Waals surface area (Å²) in [5, 5.41) is 8.64. The van der Waals surface area contributed by atoms with Crippen LogP contribution in [-0.4, -0.2) is 68.8 Å². The zero-order valence-electron chi connectivity index (χ0n) is 17.7. The summed E-state index contributed by atoms with van der Waals surface area (Å²) in [5.41, 5.74) is 0.825. The SMILES string of the molecule is COc1cc(/C=C/C(=O)N2CCN(CCOc3ccccc3)CC2)ccc1OCC#N. The summed E-state index contributed by atoms with van der Waals surface area (Å²) in [4.78, 5) is 16.7. The Bertz CT molecular complexity index is 916. The molecular formula is C24H27N3O4. The summed E-state index contributed by atoms with van der Waals surface area (Å²) in [6.07, 6.45) is 3.34. The third-order valence-corrected chi connectivity index (χ3v) is 5.00. The van der Waals surface area contributed by atoms with Crippen molar-refractivity contribution < 1.29 is 19.0 Å². The molecule has 0 saturated carbocycles. The summed E-state index contributed by atoms with van der Waals surface area (Å²) >= 11 is 0. The van der Waals surface area contributed by atoms with E-state index >= 15 is 0 Å². The molecule has 0 aliphatic carbocycles. The summed E-state index contributed by atoms with van der Waals surface area (Å²) in [5.74, 6) is 1.89. The number of hydrogen-bond acceptors (Lipinski definition) is 6. The van der Waals surface area contributed by atoms with Crippen molar-refractivity contribution in [1.29, 1.82) is 5.26 Å². The van der Waals surface area contributed by atoms with E-state index in [0.717, 1.165) is 30.9 Å². The van der Waals surface area contributed by atoms with Crippen LogP contribution in [0.2, 0.25) is 0 Å². The third-order valence-electron chi connectivity index (χ3n) is 5.00. The summed E-state index contributed by atoms with van der Waals surface area (Å²) < 4.78 is 16.4. The van der Waals surface area contributed by atoms with E-state index < -0.39 is 0 Å². The topological polar surface area (TPSA) is 75.0 Å².